The Morgan fingerprint density at radius 1 is 1.00 bits per heavy atom. The third-order valence-electron chi connectivity index (χ3n) is 0. The molecule has 0 aliphatic rings. The predicted octanol–water partition coefficient (Wildman–Crippen LogP) is 1.29. The standard InChI is InChI=1S/CHF3.H2S/c2-1(3)4;/h1H;1H2/i1-1;. The van der Waals surface area contributed by atoms with Crippen LogP contribution >= 0.6 is 13.5 Å². The molecule has 0 unspecified atom stereocenters. The molecule has 0 rings (SSSR count). The summed E-state index contributed by atoms with van der Waals surface area (Å²) in [7, 11) is 0. The minimum Gasteiger partial charge on any atom is -0.197 e. The van der Waals surface area contributed by atoms with Crippen LogP contribution in [-0.2, 0) is 0 Å². The first kappa shape index (κ1) is 8.94. The molecule has 0 nitrogen and oxygen atoms in total. The fraction of sp³-hybridized carbons (Fsp3) is 1.00. The van der Waals surface area contributed by atoms with Crippen LogP contribution in [0.25, 0.3) is 0 Å². The molecule has 0 heterocycles. The Labute approximate surface area is 34.4 Å². The van der Waals surface area contributed by atoms with Gasteiger partial charge in [-0.25, -0.2) is 0 Å². The SMILES string of the molecule is F[11CH](F)F.S. The Bertz CT molecular complexity index is 11.6. The predicted molar refractivity (Wildman–Crippen MR) is 17.5 cm³/mol. The highest BCUT2D eigenvalue weighted by Crippen LogP contribution is 1.87. The lowest BCUT2D eigenvalue weighted by Crippen LogP contribution is -1.65. The first-order valence-electron chi connectivity index (χ1n) is 0.655. The summed E-state index contributed by atoms with van der Waals surface area (Å²) < 4.78 is 29.0. The van der Waals surface area contributed by atoms with Crippen molar-refractivity contribution in [3.63, 3.8) is 0 Å². The highest BCUT2D eigenvalue weighted by Gasteiger charge is 1.86. The first-order valence-corrected chi connectivity index (χ1v) is 0.655. The van der Waals surface area contributed by atoms with Gasteiger partial charge in [-0.15, -0.1) is 0 Å². The monoisotopic (exact) mass is 103 g/mol. The molecule has 0 bridgehead atoms. The molecule has 0 aromatic rings. The second kappa shape index (κ2) is 4.14. The molecule has 0 saturated carbocycles. The lowest BCUT2D eigenvalue weighted by atomic mass is 10.7. The molecule has 0 atom stereocenters. The Morgan fingerprint density at radius 2 is 1.00 bits per heavy atom. The Hall–Kier alpha value is 0.140. The average molecular weight is 103 g/mol. The van der Waals surface area contributed by atoms with Crippen molar-refractivity contribution in [3.05, 3.63) is 0 Å². The minimum atomic E-state index is -3.67. The smallest absolute Gasteiger partial charge is 0.197 e. The van der Waals surface area contributed by atoms with E-state index >= 15 is 0 Å². The number of rotatable bonds is 0. The summed E-state index contributed by atoms with van der Waals surface area (Å²) in [6, 6.07) is 0. The third kappa shape index (κ3) is 967. The van der Waals surface area contributed by atoms with Crippen molar-refractivity contribution < 1.29 is 13.2 Å². The summed E-state index contributed by atoms with van der Waals surface area (Å²) in [4.78, 5) is 0. The average Bonchev–Trinajstić information content (AvgIpc) is 0.811. The maximum Gasteiger partial charge on any atom is 0.379 e. The van der Waals surface area contributed by atoms with Gasteiger partial charge >= 0.3 is 6.68 Å². The van der Waals surface area contributed by atoms with Crippen LogP contribution in [0.3, 0.4) is 0 Å². The molecule has 0 aromatic heterocycles. The molecule has 0 amide bonds. The van der Waals surface area contributed by atoms with Gasteiger partial charge in [-0.1, -0.05) is 0 Å². The van der Waals surface area contributed by atoms with Gasteiger partial charge in [-0.2, -0.15) is 26.7 Å². The van der Waals surface area contributed by atoms with Crippen LogP contribution < -0.4 is 0 Å². The van der Waals surface area contributed by atoms with E-state index in [1.165, 1.54) is 0 Å². The van der Waals surface area contributed by atoms with Gasteiger partial charge in [0.05, 0.1) is 0 Å². The Morgan fingerprint density at radius 3 is 1.00 bits per heavy atom. The van der Waals surface area contributed by atoms with Crippen molar-refractivity contribution in [2.24, 2.45) is 0 Å². The summed E-state index contributed by atoms with van der Waals surface area (Å²) >= 11 is 0. The van der Waals surface area contributed by atoms with E-state index in [0.717, 1.165) is 0 Å². The Kier molecular flexibility index (Phi) is 7.40. The summed E-state index contributed by atoms with van der Waals surface area (Å²) in [6.45, 7) is -3.67. The third-order valence-corrected chi connectivity index (χ3v) is 0. The number of alkyl halides is 3. The lowest BCUT2D eigenvalue weighted by Gasteiger charge is -1.65. The highest BCUT2D eigenvalue weighted by molar-refractivity contribution is 7.59. The summed E-state index contributed by atoms with van der Waals surface area (Å²) in [5, 5.41) is 0. The second-order valence-corrected chi connectivity index (χ2v) is 0.247. The molecule has 0 spiro atoms. The van der Waals surface area contributed by atoms with Crippen molar-refractivity contribution in [3.8, 4) is 0 Å². The zero-order chi connectivity index (χ0) is 3.58. The van der Waals surface area contributed by atoms with Gasteiger partial charge in [-0.3, -0.25) is 0 Å². The molecule has 34 valence electrons. The van der Waals surface area contributed by atoms with Crippen LogP contribution in [0.1, 0.15) is 0 Å². The fourth-order valence-electron chi connectivity index (χ4n) is 0. The van der Waals surface area contributed by atoms with E-state index in [1.807, 2.05) is 0 Å². The zero-order valence-electron chi connectivity index (χ0n) is 2.21. The van der Waals surface area contributed by atoms with E-state index < -0.39 is 6.68 Å². The van der Waals surface area contributed by atoms with E-state index in [2.05, 4.69) is 0 Å². The minimum absolute atomic E-state index is 0. The molecule has 0 N–H and O–H groups in total. The van der Waals surface area contributed by atoms with E-state index in [9.17, 15) is 13.2 Å². The molecule has 0 aliphatic heterocycles. The highest BCUT2D eigenvalue weighted by atomic mass is 32.1. The van der Waals surface area contributed by atoms with Gasteiger partial charge in [0.2, 0.25) is 0 Å². The van der Waals surface area contributed by atoms with Gasteiger partial charge < -0.3 is 0 Å². The molecule has 0 saturated heterocycles. The fourth-order valence-corrected chi connectivity index (χ4v) is 0. The van der Waals surface area contributed by atoms with Gasteiger partial charge in [-0.05, 0) is 0 Å². The van der Waals surface area contributed by atoms with E-state index in [4.69, 9.17) is 0 Å². The van der Waals surface area contributed by atoms with Crippen molar-refractivity contribution >= 4 is 13.5 Å². The van der Waals surface area contributed by atoms with Crippen LogP contribution in [0.15, 0.2) is 0 Å². The van der Waals surface area contributed by atoms with Crippen molar-refractivity contribution in [1.82, 2.24) is 0 Å². The van der Waals surface area contributed by atoms with Crippen LogP contribution in [0.4, 0.5) is 13.2 Å². The van der Waals surface area contributed by atoms with Crippen LogP contribution in [0.5, 0.6) is 0 Å². The van der Waals surface area contributed by atoms with Crippen LogP contribution in [0.2, 0.25) is 0 Å². The maximum atomic E-state index is 9.67. The van der Waals surface area contributed by atoms with E-state index in [0.29, 0.717) is 0 Å². The number of hydrogen-bond acceptors (Lipinski definition) is 0. The van der Waals surface area contributed by atoms with Crippen molar-refractivity contribution in [2.45, 2.75) is 6.68 Å². The van der Waals surface area contributed by atoms with Crippen LogP contribution in [-0.4, -0.2) is 6.68 Å². The topological polar surface area (TPSA) is 0 Å². The van der Waals surface area contributed by atoms with Crippen LogP contribution in [0, 0.1) is 0 Å². The first-order chi connectivity index (χ1) is 1.73. The maximum absolute atomic E-state index is 9.67. The summed E-state index contributed by atoms with van der Waals surface area (Å²) in [6.07, 6.45) is 0. The second-order valence-electron chi connectivity index (χ2n) is 0.247. The molecule has 0 aliphatic carbocycles. The van der Waals surface area contributed by atoms with Gasteiger partial charge in [0.15, 0.2) is 0 Å². The van der Waals surface area contributed by atoms with Crippen molar-refractivity contribution in [2.75, 3.05) is 0 Å². The molecule has 0 radical (unpaired) electrons. The quantitative estimate of drug-likeness (QED) is 0.433. The van der Waals surface area contributed by atoms with E-state index in [1.54, 1.807) is 0 Å². The molecule has 4 heteroatoms. The van der Waals surface area contributed by atoms with Gasteiger partial charge in [0, 0.05) is 0 Å². The zero-order valence-corrected chi connectivity index (χ0v) is 3.21. The van der Waals surface area contributed by atoms with E-state index in [-0.39, 0.29) is 13.5 Å². The number of hydrogen-bond donors (Lipinski definition) is 0. The number of halogens is 3. The Balaban J connectivity index is 0. The molecular weight excluding hydrogens is 100 g/mol. The molecular formula is CH3F3S. The van der Waals surface area contributed by atoms with Gasteiger partial charge in [0.1, 0.15) is 0 Å². The normalized spacial score (nSPS) is 7.20. The summed E-state index contributed by atoms with van der Waals surface area (Å²) in [5.74, 6) is 0. The summed E-state index contributed by atoms with van der Waals surface area (Å²) in [5.41, 5.74) is 0. The largest absolute Gasteiger partial charge is 0.379 e. The molecule has 5 heavy (non-hydrogen) atoms. The van der Waals surface area contributed by atoms with Gasteiger partial charge in [0.25, 0.3) is 0 Å². The van der Waals surface area contributed by atoms with Crippen molar-refractivity contribution in [1.29, 1.82) is 0 Å². The molecule has 0 aromatic carbocycles. The molecule has 0 fully saturated rings. The lowest BCUT2D eigenvalue weighted by molar-refractivity contribution is 0.00819.